The zero-order valence-corrected chi connectivity index (χ0v) is 30.7. The van der Waals surface area contributed by atoms with Crippen LogP contribution >= 0.6 is 0 Å². The van der Waals surface area contributed by atoms with E-state index in [2.05, 4.69) is 6.58 Å². The van der Waals surface area contributed by atoms with E-state index in [0.717, 1.165) is 154 Å². The predicted molar refractivity (Wildman–Crippen MR) is 190 cm³/mol. The van der Waals surface area contributed by atoms with Crippen LogP contribution in [-0.4, -0.2) is 60.8 Å². The van der Waals surface area contributed by atoms with Crippen molar-refractivity contribution in [3.05, 3.63) is 12.3 Å². The topological polar surface area (TPSA) is 118 Å². The van der Waals surface area contributed by atoms with Crippen molar-refractivity contribution in [2.24, 2.45) is 29.6 Å². The van der Waals surface area contributed by atoms with Gasteiger partial charge in [0.1, 0.15) is 19.3 Å². The zero-order valence-electron chi connectivity index (χ0n) is 30.7. The first-order valence-corrected chi connectivity index (χ1v) is 20.6. The maximum atomic E-state index is 13.9. The van der Waals surface area contributed by atoms with Gasteiger partial charge in [-0.1, -0.05) is 103 Å². The normalized spacial score (nSPS) is 24.7. The molecule has 5 aliphatic carbocycles. The molecule has 0 aromatic rings. The van der Waals surface area contributed by atoms with E-state index < -0.39 is 24.6 Å². The molecule has 9 nitrogen and oxygen atoms in total. The maximum absolute atomic E-state index is 13.9. The molecule has 0 heterocycles. The third-order valence-corrected chi connectivity index (χ3v) is 12.3. The van der Waals surface area contributed by atoms with Crippen molar-refractivity contribution in [3.8, 4) is 0 Å². The quantitative estimate of drug-likeness (QED) is 0.0731. The Labute approximate surface area is 300 Å². The predicted octanol–water partition coefficient (Wildman–Crippen LogP) is 8.49. The van der Waals surface area contributed by atoms with Crippen molar-refractivity contribution < 1.29 is 43.2 Å². The Balaban J connectivity index is 1.42. The Hall–Kier alpha value is -2.13. The highest BCUT2D eigenvalue weighted by atomic mass is 16.7. The van der Waals surface area contributed by atoms with Gasteiger partial charge in [-0.3, -0.25) is 14.4 Å². The van der Waals surface area contributed by atoms with Gasteiger partial charge >= 0.3 is 17.9 Å². The van der Waals surface area contributed by atoms with Gasteiger partial charge in [-0.15, -0.1) is 0 Å². The number of ether oxygens (including phenoxy) is 5. The molecule has 5 saturated carbocycles. The highest BCUT2D eigenvalue weighted by Gasteiger charge is 2.43. The molecule has 284 valence electrons. The van der Waals surface area contributed by atoms with Crippen molar-refractivity contribution in [3.63, 3.8) is 0 Å². The molecule has 1 N–H and O–H groups in total. The van der Waals surface area contributed by atoms with Crippen molar-refractivity contribution in [1.82, 2.24) is 0 Å². The van der Waals surface area contributed by atoms with E-state index in [1.807, 2.05) is 0 Å². The fourth-order valence-electron chi connectivity index (χ4n) is 9.01. The Kier molecular flexibility index (Phi) is 16.3. The number of aliphatic hydroxyl groups is 1. The SMILES string of the molecule is C=C(OCC(OC(=O)C1CCCCC1)C(OC(=O)C1CCCCC1)C(COC(=O)C1CCCCC1)OC(O)C1CCCCC1)C1CCCCC1. The summed E-state index contributed by atoms with van der Waals surface area (Å²) < 4.78 is 31.5. The van der Waals surface area contributed by atoms with Gasteiger partial charge < -0.3 is 28.8 Å². The second-order valence-corrected chi connectivity index (χ2v) is 16.1. The Morgan fingerprint density at radius 3 is 1.40 bits per heavy atom. The Bertz CT molecular complexity index is 1050. The van der Waals surface area contributed by atoms with Crippen molar-refractivity contribution in [1.29, 1.82) is 0 Å². The average Bonchev–Trinajstić information content (AvgIpc) is 3.18. The van der Waals surface area contributed by atoms with Crippen LogP contribution in [0.5, 0.6) is 0 Å². The first kappa shape index (κ1) is 39.1. The highest BCUT2D eigenvalue weighted by molar-refractivity contribution is 5.74. The second kappa shape index (κ2) is 20.8. The zero-order chi connectivity index (χ0) is 35.1. The van der Waals surface area contributed by atoms with Gasteiger partial charge in [-0.25, -0.2) is 0 Å². The molecule has 50 heavy (non-hydrogen) atoms. The van der Waals surface area contributed by atoms with Crippen LogP contribution in [-0.2, 0) is 38.1 Å². The molecular weight excluding hydrogens is 636 g/mol. The smallest absolute Gasteiger partial charge is 0.309 e. The van der Waals surface area contributed by atoms with Gasteiger partial charge in [0.05, 0.1) is 23.5 Å². The van der Waals surface area contributed by atoms with E-state index in [1.54, 1.807) is 0 Å². The molecule has 0 aromatic carbocycles. The summed E-state index contributed by atoms with van der Waals surface area (Å²) in [5.41, 5.74) is 0. The second-order valence-electron chi connectivity index (χ2n) is 16.1. The lowest BCUT2D eigenvalue weighted by Gasteiger charge is -2.37. The summed E-state index contributed by atoms with van der Waals surface area (Å²) in [5.74, 6) is -0.877. The minimum atomic E-state index is -1.14. The average molecular weight is 703 g/mol. The number of aliphatic hydroxyl groups excluding tert-OH is 1. The van der Waals surface area contributed by atoms with E-state index in [-0.39, 0.29) is 60.7 Å². The van der Waals surface area contributed by atoms with Crippen LogP contribution in [0.15, 0.2) is 12.3 Å². The van der Waals surface area contributed by atoms with Crippen LogP contribution in [0.25, 0.3) is 0 Å². The molecule has 0 radical (unpaired) electrons. The van der Waals surface area contributed by atoms with Crippen molar-refractivity contribution in [2.75, 3.05) is 13.2 Å². The molecule has 0 amide bonds. The summed E-state index contributed by atoms with van der Waals surface area (Å²) in [6.45, 7) is 3.99. The Morgan fingerprint density at radius 2 is 0.900 bits per heavy atom. The van der Waals surface area contributed by atoms with Crippen LogP contribution in [0, 0.1) is 29.6 Å². The molecule has 5 aliphatic rings. The molecule has 0 spiro atoms. The third kappa shape index (κ3) is 12.0. The van der Waals surface area contributed by atoms with E-state index in [9.17, 15) is 19.5 Å². The monoisotopic (exact) mass is 702 g/mol. The molecule has 0 bridgehead atoms. The number of allylic oxidation sites excluding steroid dienone is 1. The number of carbonyl (C=O) groups is 3. The van der Waals surface area contributed by atoms with Crippen LogP contribution in [0.3, 0.4) is 0 Å². The molecule has 5 fully saturated rings. The van der Waals surface area contributed by atoms with E-state index in [0.29, 0.717) is 5.76 Å². The number of hydrogen-bond donors (Lipinski definition) is 1. The molecule has 5 rings (SSSR count). The van der Waals surface area contributed by atoms with E-state index >= 15 is 0 Å². The summed E-state index contributed by atoms with van der Waals surface area (Å²) in [4.78, 5) is 41.1. The lowest BCUT2D eigenvalue weighted by molar-refractivity contribution is -0.234. The van der Waals surface area contributed by atoms with Gasteiger partial charge in [0, 0.05) is 11.8 Å². The van der Waals surface area contributed by atoms with Gasteiger partial charge in [0.25, 0.3) is 0 Å². The molecule has 0 aromatic heterocycles. The van der Waals surface area contributed by atoms with Crippen molar-refractivity contribution >= 4 is 17.9 Å². The summed E-state index contributed by atoms with van der Waals surface area (Å²) in [5, 5.41) is 11.5. The van der Waals surface area contributed by atoms with Crippen LogP contribution in [0.1, 0.15) is 161 Å². The first-order chi connectivity index (χ1) is 24.4. The summed E-state index contributed by atoms with van der Waals surface area (Å²) in [6, 6.07) is 0. The third-order valence-electron chi connectivity index (χ3n) is 12.3. The first-order valence-electron chi connectivity index (χ1n) is 20.6. The molecule has 9 heteroatoms. The number of carbonyl (C=O) groups excluding carboxylic acids is 3. The molecule has 0 aliphatic heterocycles. The summed E-state index contributed by atoms with van der Waals surface area (Å²) in [7, 11) is 0. The standard InChI is InChI=1S/C41H66O9/c1-29(30-17-7-2-8-18-30)46-27-35(48-39(43)32-21-11-4-12-22-32)37(50-41(45)34-25-15-6-16-26-34)36(49-40(44)33-23-13-5-14-24-33)28-47-38(42)31-19-9-3-10-20-31/h30-37,40,44H,1-28H2. The highest BCUT2D eigenvalue weighted by Crippen LogP contribution is 2.34. The Morgan fingerprint density at radius 1 is 0.500 bits per heavy atom. The fourth-order valence-corrected chi connectivity index (χ4v) is 9.01. The number of hydrogen-bond acceptors (Lipinski definition) is 9. The lowest BCUT2D eigenvalue weighted by Crippen LogP contribution is -2.52. The lowest BCUT2D eigenvalue weighted by atomic mass is 9.88. The van der Waals surface area contributed by atoms with Gasteiger partial charge in [-0.05, 0) is 64.2 Å². The molecular formula is C41H66O9. The van der Waals surface area contributed by atoms with Gasteiger partial charge in [-0.2, -0.15) is 0 Å². The van der Waals surface area contributed by atoms with Crippen LogP contribution in [0.2, 0.25) is 0 Å². The summed E-state index contributed by atoms with van der Waals surface area (Å²) >= 11 is 0. The number of esters is 3. The van der Waals surface area contributed by atoms with Gasteiger partial charge in [0.2, 0.25) is 0 Å². The maximum Gasteiger partial charge on any atom is 0.309 e. The van der Waals surface area contributed by atoms with E-state index in [4.69, 9.17) is 23.7 Å². The van der Waals surface area contributed by atoms with Crippen LogP contribution in [0.4, 0.5) is 0 Å². The fraction of sp³-hybridized carbons (Fsp3) is 0.878. The minimum absolute atomic E-state index is 0.0631. The minimum Gasteiger partial charge on any atom is -0.494 e. The molecule has 4 atom stereocenters. The van der Waals surface area contributed by atoms with Crippen molar-refractivity contribution in [2.45, 2.75) is 185 Å². The van der Waals surface area contributed by atoms with Crippen LogP contribution < -0.4 is 0 Å². The van der Waals surface area contributed by atoms with E-state index in [1.165, 1.54) is 6.42 Å². The van der Waals surface area contributed by atoms with Gasteiger partial charge in [0.15, 0.2) is 18.5 Å². The summed E-state index contributed by atoms with van der Waals surface area (Å²) in [6.07, 6.45) is 19.5. The molecule has 0 saturated heterocycles. The molecule has 4 unspecified atom stereocenters. The number of rotatable bonds is 16. The largest absolute Gasteiger partial charge is 0.494 e.